The maximum absolute atomic E-state index is 11.3. The SMILES string of the molecule is Cc1cc(CN(C)C(=O)CC(=O)O)no1. The van der Waals surface area contributed by atoms with E-state index in [1.54, 1.807) is 13.0 Å². The van der Waals surface area contributed by atoms with Crippen molar-refractivity contribution in [3.05, 3.63) is 17.5 Å². The summed E-state index contributed by atoms with van der Waals surface area (Å²) in [5.74, 6) is -0.935. The molecule has 0 aromatic carbocycles. The van der Waals surface area contributed by atoms with Crippen molar-refractivity contribution in [1.82, 2.24) is 10.1 Å². The first kappa shape index (κ1) is 11.2. The van der Waals surface area contributed by atoms with Gasteiger partial charge in [-0.3, -0.25) is 9.59 Å². The lowest BCUT2D eigenvalue weighted by Gasteiger charge is -2.13. The molecule has 6 heteroatoms. The summed E-state index contributed by atoms with van der Waals surface area (Å²) in [4.78, 5) is 22.8. The number of aryl methyl sites for hydroxylation is 1. The van der Waals surface area contributed by atoms with Gasteiger partial charge >= 0.3 is 5.97 Å². The van der Waals surface area contributed by atoms with Crippen LogP contribution in [0.25, 0.3) is 0 Å². The zero-order chi connectivity index (χ0) is 11.4. The van der Waals surface area contributed by atoms with Crippen molar-refractivity contribution >= 4 is 11.9 Å². The van der Waals surface area contributed by atoms with Crippen LogP contribution in [0, 0.1) is 6.92 Å². The number of hydrogen-bond donors (Lipinski definition) is 1. The number of aromatic nitrogens is 1. The first-order valence-electron chi connectivity index (χ1n) is 4.37. The number of carbonyl (C=O) groups is 2. The molecule has 0 unspecified atom stereocenters. The standard InChI is InChI=1S/C9H12N2O4/c1-6-3-7(10-15-6)5-11(2)8(12)4-9(13)14/h3H,4-5H2,1-2H3,(H,13,14). The number of nitrogens with zero attached hydrogens (tertiary/aromatic N) is 2. The summed E-state index contributed by atoms with van der Waals surface area (Å²) in [6.07, 6.45) is -0.507. The van der Waals surface area contributed by atoms with Crippen molar-refractivity contribution in [3.63, 3.8) is 0 Å². The van der Waals surface area contributed by atoms with E-state index in [2.05, 4.69) is 5.16 Å². The van der Waals surface area contributed by atoms with Crippen LogP contribution in [-0.4, -0.2) is 34.1 Å². The van der Waals surface area contributed by atoms with Crippen LogP contribution in [0.4, 0.5) is 0 Å². The zero-order valence-corrected chi connectivity index (χ0v) is 8.56. The Kier molecular flexibility index (Phi) is 3.43. The number of hydrogen-bond acceptors (Lipinski definition) is 4. The quantitative estimate of drug-likeness (QED) is 0.731. The smallest absolute Gasteiger partial charge is 0.312 e. The minimum Gasteiger partial charge on any atom is -0.481 e. The molecule has 0 aliphatic rings. The average molecular weight is 212 g/mol. The highest BCUT2D eigenvalue weighted by molar-refractivity contribution is 5.93. The maximum atomic E-state index is 11.3. The number of carboxylic acid groups (broad SMARTS) is 1. The zero-order valence-electron chi connectivity index (χ0n) is 8.56. The number of carboxylic acids is 1. The van der Waals surface area contributed by atoms with E-state index < -0.39 is 18.3 Å². The minimum atomic E-state index is -1.14. The highest BCUT2D eigenvalue weighted by Gasteiger charge is 2.14. The highest BCUT2D eigenvalue weighted by Crippen LogP contribution is 2.05. The molecule has 0 atom stereocenters. The summed E-state index contributed by atoms with van der Waals surface area (Å²) in [7, 11) is 1.52. The van der Waals surface area contributed by atoms with Gasteiger partial charge in [0.25, 0.3) is 0 Å². The molecule has 1 N–H and O–H groups in total. The van der Waals surface area contributed by atoms with E-state index in [-0.39, 0.29) is 6.54 Å². The van der Waals surface area contributed by atoms with Gasteiger partial charge in [0.1, 0.15) is 17.9 Å². The Balaban J connectivity index is 2.51. The van der Waals surface area contributed by atoms with Gasteiger partial charge < -0.3 is 14.5 Å². The summed E-state index contributed by atoms with van der Waals surface area (Å²) in [5.41, 5.74) is 0.605. The number of amides is 1. The highest BCUT2D eigenvalue weighted by atomic mass is 16.5. The van der Waals surface area contributed by atoms with Gasteiger partial charge in [-0.25, -0.2) is 0 Å². The molecule has 0 aliphatic carbocycles. The molecule has 0 spiro atoms. The lowest BCUT2D eigenvalue weighted by molar-refractivity contribution is -0.143. The Hall–Kier alpha value is -1.85. The third-order valence-corrected chi connectivity index (χ3v) is 1.80. The van der Waals surface area contributed by atoms with Gasteiger partial charge in [-0.1, -0.05) is 5.16 Å². The first-order chi connectivity index (χ1) is 6.99. The van der Waals surface area contributed by atoms with Gasteiger partial charge in [-0.05, 0) is 6.92 Å². The van der Waals surface area contributed by atoms with Gasteiger partial charge in [0.15, 0.2) is 0 Å². The largest absolute Gasteiger partial charge is 0.481 e. The molecule has 1 amide bonds. The lowest BCUT2D eigenvalue weighted by Crippen LogP contribution is -2.28. The number of aliphatic carboxylic acids is 1. The van der Waals surface area contributed by atoms with E-state index in [0.717, 1.165) is 0 Å². The predicted molar refractivity (Wildman–Crippen MR) is 50.0 cm³/mol. The molecule has 0 bridgehead atoms. The molecular formula is C9H12N2O4. The molecule has 6 nitrogen and oxygen atoms in total. The third kappa shape index (κ3) is 3.41. The van der Waals surface area contributed by atoms with Crippen LogP contribution >= 0.6 is 0 Å². The fourth-order valence-corrected chi connectivity index (χ4v) is 1.09. The molecule has 0 radical (unpaired) electrons. The summed E-state index contributed by atoms with van der Waals surface area (Å²) in [5, 5.41) is 12.1. The molecule has 0 saturated heterocycles. The van der Waals surface area contributed by atoms with Crippen LogP contribution in [-0.2, 0) is 16.1 Å². The maximum Gasteiger partial charge on any atom is 0.312 e. The summed E-state index contributed by atoms with van der Waals surface area (Å²) in [6, 6.07) is 1.70. The van der Waals surface area contributed by atoms with Gasteiger partial charge in [0, 0.05) is 13.1 Å². The van der Waals surface area contributed by atoms with E-state index in [9.17, 15) is 9.59 Å². The van der Waals surface area contributed by atoms with Crippen molar-refractivity contribution < 1.29 is 19.2 Å². The summed E-state index contributed by atoms with van der Waals surface area (Å²) >= 11 is 0. The van der Waals surface area contributed by atoms with Crippen LogP contribution in [0.3, 0.4) is 0 Å². The van der Waals surface area contributed by atoms with Crippen molar-refractivity contribution in [3.8, 4) is 0 Å². The third-order valence-electron chi connectivity index (χ3n) is 1.80. The average Bonchev–Trinajstić information content (AvgIpc) is 2.50. The Morgan fingerprint density at radius 1 is 1.60 bits per heavy atom. The molecule has 82 valence electrons. The first-order valence-corrected chi connectivity index (χ1v) is 4.37. The molecular weight excluding hydrogens is 200 g/mol. The molecule has 0 aliphatic heterocycles. The summed E-state index contributed by atoms with van der Waals surface area (Å²) < 4.78 is 4.82. The molecule has 0 fully saturated rings. The van der Waals surface area contributed by atoms with E-state index in [1.807, 2.05) is 0 Å². The van der Waals surface area contributed by atoms with Crippen molar-refractivity contribution in [2.45, 2.75) is 19.9 Å². The topological polar surface area (TPSA) is 83.6 Å². The van der Waals surface area contributed by atoms with E-state index >= 15 is 0 Å². The molecule has 1 aromatic heterocycles. The Bertz CT molecular complexity index is 372. The number of carbonyl (C=O) groups excluding carboxylic acids is 1. The molecule has 1 rings (SSSR count). The number of rotatable bonds is 4. The van der Waals surface area contributed by atoms with Crippen LogP contribution in [0.1, 0.15) is 17.9 Å². The van der Waals surface area contributed by atoms with Crippen molar-refractivity contribution in [1.29, 1.82) is 0 Å². The van der Waals surface area contributed by atoms with Crippen LogP contribution < -0.4 is 0 Å². The fraction of sp³-hybridized carbons (Fsp3) is 0.444. The van der Waals surface area contributed by atoms with E-state index in [4.69, 9.17) is 9.63 Å². The van der Waals surface area contributed by atoms with Gasteiger partial charge in [0.05, 0.1) is 6.54 Å². The Morgan fingerprint density at radius 2 is 2.27 bits per heavy atom. The van der Waals surface area contributed by atoms with Gasteiger partial charge in [-0.2, -0.15) is 0 Å². The predicted octanol–water partition coefficient (Wildman–Crippen LogP) is 0.416. The molecule has 1 aromatic rings. The summed E-state index contributed by atoms with van der Waals surface area (Å²) in [6.45, 7) is 2.00. The van der Waals surface area contributed by atoms with Crippen LogP contribution in [0.15, 0.2) is 10.6 Å². The van der Waals surface area contributed by atoms with Gasteiger partial charge in [-0.15, -0.1) is 0 Å². The fourth-order valence-electron chi connectivity index (χ4n) is 1.09. The molecule has 0 saturated carbocycles. The minimum absolute atomic E-state index is 0.253. The second-order valence-corrected chi connectivity index (χ2v) is 3.25. The van der Waals surface area contributed by atoms with E-state index in [1.165, 1.54) is 11.9 Å². The normalized spacial score (nSPS) is 10.0. The second kappa shape index (κ2) is 4.59. The monoisotopic (exact) mass is 212 g/mol. The molecule has 1 heterocycles. The van der Waals surface area contributed by atoms with Gasteiger partial charge in [0.2, 0.25) is 5.91 Å². The van der Waals surface area contributed by atoms with Crippen LogP contribution in [0.2, 0.25) is 0 Å². The van der Waals surface area contributed by atoms with E-state index in [0.29, 0.717) is 11.5 Å². The van der Waals surface area contributed by atoms with Crippen LogP contribution in [0.5, 0.6) is 0 Å². The molecule has 15 heavy (non-hydrogen) atoms. The van der Waals surface area contributed by atoms with Crippen molar-refractivity contribution in [2.24, 2.45) is 0 Å². The lowest BCUT2D eigenvalue weighted by atomic mass is 10.3. The van der Waals surface area contributed by atoms with Crippen molar-refractivity contribution in [2.75, 3.05) is 7.05 Å². The second-order valence-electron chi connectivity index (χ2n) is 3.25. The Morgan fingerprint density at radius 3 is 2.73 bits per heavy atom. The Labute approximate surface area is 86.5 Å².